The maximum atomic E-state index is 12.0. The van der Waals surface area contributed by atoms with Gasteiger partial charge in [0.15, 0.2) is 0 Å². The van der Waals surface area contributed by atoms with Gasteiger partial charge in [0.05, 0.1) is 13.0 Å². The van der Waals surface area contributed by atoms with Gasteiger partial charge in [0, 0.05) is 39.3 Å². The van der Waals surface area contributed by atoms with Crippen molar-refractivity contribution in [2.75, 3.05) is 60.0 Å². The molecule has 2 aliphatic rings. The standard InChI is InChI=1S/C13H25N3O2/c1-15-6-3-11(9-15)12(13(17)18-2)10-16-7-4-14-5-8-16/h11-12,14H,3-10H2,1-2H3. The highest BCUT2D eigenvalue weighted by molar-refractivity contribution is 5.73. The number of likely N-dealkylation sites (tertiary alicyclic amines) is 1. The number of esters is 1. The van der Waals surface area contributed by atoms with E-state index in [9.17, 15) is 4.79 Å². The average Bonchev–Trinajstić information content (AvgIpc) is 2.83. The maximum Gasteiger partial charge on any atom is 0.310 e. The quantitative estimate of drug-likeness (QED) is 0.695. The van der Waals surface area contributed by atoms with E-state index >= 15 is 0 Å². The van der Waals surface area contributed by atoms with Crippen LogP contribution in [0.5, 0.6) is 0 Å². The molecule has 0 bridgehead atoms. The summed E-state index contributed by atoms with van der Waals surface area (Å²) < 4.78 is 5.00. The van der Waals surface area contributed by atoms with Gasteiger partial charge in [0.25, 0.3) is 0 Å². The lowest BCUT2D eigenvalue weighted by Gasteiger charge is -2.32. The number of ether oxygens (including phenoxy) is 1. The Balaban J connectivity index is 1.93. The Labute approximate surface area is 109 Å². The van der Waals surface area contributed by atoms with Crippen LogP contribution in [0, 0.1) is 11.8 Å². The molecule has 2 rings (SSSR count). The fourth-order valence-corrected chi connectivity index (χ4v) is 3.04. The second-order valence-corrected chi connectivity index (χ2v) is 5.49. The first-order chi connectivity index (χ1) is 8.70. The van der Waals surface area contributed by atoms with E-state index in [1.807, 2.05) is 0 Å². The highest BCUT2D eigenvalue weighted by Crippen LogP contribution is 2.25. The van der Waals surface area contributed by atoms with E-state index in [1.165, 1.54) is 7.11 Å². The van der Waals surface area contributed by atoms with Crippen LogP contribution in [0.4, 0.5) is 0 Å². The van der Waals surface area contributed by atoms with E-state index in [-0.39, 0.29) is 11.9 Å². The van der Waals surface area contributed by atoms with E-state index < -0.39 is 0 Å². The summed E-state index contributed by atoms with van der Waals surface area (Å²) in [5.41, 5.74) is 0. The smallest absolute Gasteiger partial charge is 0.310 e. The molecule has 0 spiro atoms. The zero-order valence-corrected chi connectivity index (χ0v) is 11.5. The first kappa shape index (κ1) is 13.8. The molecular weight excluding hydrogens is 230 g/mol. The molecule has 0 aromatic carbocycles. The zero-order valence-electron chi connectivity index (χ0n) is 11.5. The molecule has 2 fully saturated rings. The molecule has 1 N–H and O–H groups in total. The molecule has 0 aromatic rings. The normalized spacial score (nSPS) is 28.2. The van der Waals surface area contributed by atoms with Gasteiger partial charge in [-0.2, -0.15) is 0 Å². The molecule has 0 radical (unpaired) electrons. The second kappa shape index (κ2) is 6.50. The van der Waals surface area contributed by atoms with Gasteiger partial charge in [-0.25, -0.2) is 0 Å². The SMILES string of the molecule is COC(=O)C(CN1CCNCC1)C1CCN(C)C1. The molecule has 0 aliphatic carbocycles. The minimum atomic E-state index is -0.0335. The Bertz CT molecular complexity index is 279. The number of carbonyl (C=O) groups is 1. The van der Waals surface area contributed by atoms with E-state index in [2.05, 4.69) is 22.2 Å². The van der Waals surface area contributed by atoms with Gasteiger partial charge in [0.1, 0.15) is 0 Å². The van der Waals surface area contributed by atoms with Gasteiger partial charge < -0.3 is 15.0 Å². The minimum Gasteiger partial charge on any atom is -0.469 e. The molecule has 2 aliphatic heterocycles. The van der Waals surface area contributed by atoms with Crippen molar-refractivity contribution in [2.24, 2.45) is 11.8 Å². The maximum absolute atomic E-state index is 12.0. The molecule has 2 unspecified atom stereocenters. The molecule has 0 aromatic heterocycles. The van der Waals surface area contributed by atoms with Crippen molar-refractivity contribution >= 4 is 5.97 Å². The Morgan fingerprint density at radius 3 is 2.67 bits per heavy atom. The number of piperazine rings is 1. The predicted octanol–water partition coefficient (Wildman–Crippen LogP) is -0.367. The average molecular weight is 255 g/mol. The van der Waals surface area contributed by atoms with Crippen LogP contribution in [0.25, 0.3) is 0 Å². The number of methoxy groups -OCH3 is 1. The fourth-order valence-electron chi connectivity index (χ4n) is 3.04. The molecule has 2 atom stereocenters. The molecular formula is C13H25N3O2. The Kier molecular flexibility index (Phi) is 4.97. The number of hydrogen-bond donors (Lipinski definition) is 1. The van der Waals surface area contributed by atoms with Gasteiger partial charge in [-0.15, -0.1) is 0 Å². The van der Waals surface area contributed by atoms with E-state index in [0.29, 0.717) is 5.92 Å². The summed E-state index contributed by atoms with van der Waals surface area (Å²) in [5.74, 6) is 0.462. The fraction of sp³-hybridized carbons (Fsp3) is 0.923. The molecule has 2 saturated heterocycles. The summed E-state index contributed by atoms with van der Waals surface area (Å²) in [6, 6.07) is 0. The molecule has 104 valence electrons. The Morgan fingerprint density at radius 1 is 1.39 bits per heavy atom. The minimum absolute atomic E-state index is 0.0335. The van der Waals surface area contributed by atoms with Crippen molar-refractivity contribution in [1.29, 1.82) is 0 Å². The lowest BCUT2D eigenvalue weighted by Crippen LogP contribution is -2.47. The molecule has 2 heterocycles. The highest BCUT2D eigenvalue weighted by Gasteiger charge is 2.34. The largest absolute Gasteiger partial charge is 0.469 e. The summed E-state index contributed by atoms with van der Waals surface area (Å²) >= 11 is 0. The van der Waals surface area contributed by atoms with Crippen LogP contribution in [-0.2, 0) is 9.53 Å². The van der Waals surface area contributed by atoms with Crippen molar-refractivity contribution in [1.82, 2.24) is 15.1 Å². The molecule has 18 heavy (non-hydrogen) atoms. The lowest BCUT2D eigenvalue weighted by molar-refractivity contribution is -0.148. The van der Waals surface area contributed by atoms with Crippen LogP contribution >= 0.6 is 0 Å². The third-order valence-corrected chi connectivity index (χ3v) is 4.17. The highest BCUT2D eigenvalue weighted by atomic mass is 16.5. The van der Waals surface area contributed by atoms with Crippen LogP contribution in [0.2, 0.25) is 0 Å². The second-order valence-electron chi connectivity index (χ2n) is 5.49. The van der Waals surface area contributed by atoms with Crippen LogP contribution < -0.4 is 5.32 Å². The van der Waals surface area contributed by atoms with Crippen LogP contribution in [0.15, 0.2) is 0 Å². The number of carbonyl (C=O) groups excluding carboxylic acids is 1. The summed E-state index contributed by atoms with van der Waals surface area (Å²) in [5, 5.41) is 3.34. The van der Waals surface area contributed by atoms with Gasteiger partial charge in [-0.3, -0.25) is 9.69 Å². The molecule has 5 heteroatoms. The van der Waals surface area contributed by atoms with Crippen molar-refractivity contribution in [3.8, 4) is 0 Å². The molecule has 0 saturated carbocycles. The summed E-state index contributed by atoms with van der Waals surface area (Å²) in [7, 11) is 3.63. The van der Waals surface area contributed by atoms with Crippen LogP contribution in [0.3, 0.4) is 0 Å². The van der Waals surface area contributed by atoms with Gasteiger partial charge >= 0.3 is 5.97 Å². The van der Waals surface area contributed by atoms with Crippen molar-refractivity contribution in [3.63, 3.8) is 0 Å². The summed E-state index contributed by atoms with van der Waals surface area (Å²) in [4.78, 5) is 16.7. The van der Waals surface area contributed by atoms with E-state index in [1.54, 1.807) is 0 Å². The third kappa shape index (κ3) is 3.43. The molecule has 0 amide bonds. The van der Waals surface area contributed by atoms with E-state index in [0.717, 1.165) is 52.2 Å². The monoisotopic (exact) mass is 255 g/mol. The first-order valence-electron chi connectivity index (χ1n) is 6.90. The predicted molar refractivity (Wildman–Crippen MR) is 70.4 cm³/mol. The van der Waals surface area contributed by atoms with Gasteiger partial charge in [-0.1, -0.05) is 0 Å². The van der Waals surface area contributed by atoms with Gasteiger partial charge in [-0.05, 0) is 25.9 Å². The Morgan fingerprint density at radius 2 is 2.11 bits per heavy atom. The lowest BCUT2D eigenvalue weighted by atomic mass is 9.90. The Hall–Kier alpha value is -0.650. The first-order valence-corrected chi connectivity index (χ1v) is 6.90. The zero-order chi connectivity index (χ0) is 13.0. The van der Waals surface area contributed by atoms with Crippen molar-refractivity contribution < 1.29 is 9.53 Å². The van der Waals surface area contributed by atoms with Crippen molar-refractivity contribution in [2.45, 2.75) is 6.42 Å². The third-order valence-electron chi connectivity index (χ3n) is 4.17. The number of hydrogen-bond acceptors (Lipinski definition) is 5. The number of rotatable bonds is 4. The topological polar surface area (TPSA) is 44.8 Å². The van der Waals surface area contributed by atoms with Crippen LogP contribution in [-0.4, -0.2) is 75.7 Å². The van der Waals surface area contributed by atoms with Crippen molar-refractivity contribution in [3.05, 3.63) is 0 Å². The van der Waals surface area contributed by atoms with Gasteiger partial charge in [0.2, 0.25) is 0 Å². The van der Waals surface area contributed by atoms with E-state index in [4.69, 9.17) is 4.74 Å². The van der Waals surface area contributed by atoms with Crippen LogP contribution in [0.1, 0.15) is 6.42 Å². The number of nitrogens with one attached hydrogen (secondary N) is 1. The summed E-state index contributed by atoms with van der Waals surface area (Å²) in [6.45, 7) is 7.10. The summed E-state index contributed by atoms with van der Waals surface area (Å²) in [6.07, 6.45) is 1.11. The number of nitrogens with zero attached hydrogens (tertiary/aromatic N) is 2. The molecule has 5 nitrogen and oxygen atoms in total.